The Labute approximate surface area is 147 Å². The van der Waals surface area contributed by atoms with Gasteiger partial charge in [0.25, 0.3) is 0 Å². The second-order valence-electron chi connectivity index (χ2n) is 5.49. The predicted octanol–water partition coefficient (Wildman–Crippen LogP) is 4.18. The number of carbonyl (C=O) groups excluding carboxylic acids is 2. The van der Waals surface area contributed by atoms with Crippen LogP contribution in [-0.2, 0) is 4.79 Å². The van der Waals surface area contributed by atoms with Crippen LogP contribution in [0.3, 0.4) is 0 Å². The summed E-state index contributed by atoms with van der Waals surface area (Å²) in [7, 11) is 1.67. The largest absolute Gasteiger partial charge is 0.415 e. The number of anilines is 1. The first-order valence-electron chi connectivity index (χ1n) is 8.13. The van der Waals surface area contributed by atoms with Crippen molar-refractivity contribution in [2.24, 2.45) is 0 Å². The monoisotopic (exact) mass is 338 g/mol. The molecule has 0 bridgehead atoms. The van der Waals surface area contributed by atoms with Crippen molar-refractivity contribution in [1.29, 1.82) is 0 Å². The van der Waals surface area contributed by atoms with Crippen LogP contribution in [0.1, 0.15) is 18.9 Å². The van der Waals surface area contributed by atoms with E-state index in [-0.39, 0.29) is 5.91 Å². The van der Waals surface area contributed by atoms with E-state index in [0.717, 1.165) is 5.56 Å². The average molecular weight is 338 g/mol. The fourth-order valence-corrected chi connectivity index (χ4v) is 2.05. The molecule has 0 radical (unpaired) electrons. The number of benzene rings is 2. The lowest BCUT2D eigenvalue weighted by molar-refractivity contribution is -0.115. The van der Waals surface area contributed by atoms with Gasteiger partial charge in [0.05, 0.1) is 0 Å². The van der Waals surface area contributed by atoms with Crippen LogP contribution in [0.5, 0.6) is 5.75 Å². The number of ether oxygens (including phenoxy) is 1. The minimum absolute atomic E-state index is 0.0911. The third-order valence-electron chi connectivity index (χ3n) is 3.44. The van der Waals surface area contributed by atoms with Gasteiger partial charge in [-0.25, -0.2) is 4.79 Å². The highest BCUT2D eigenvalue weighted by Crippen LogP contribution is 2.18. The Morgan fingerprint density at radius 3 is 2.60 bits per heavy atom. The van der Waals surface area contributed by atoms with Crippen LogP contribution < -0.4 is 10.1 Å². The SMILES string of the molecule is CCC(=O)Nc1cccc(OC(=O)N(C)C/C=C/c2ccccc2)c1. The van der Waals surface area contributed by atoms with Gasteiger partial charge in [-0.2, -0.15) is 0 Å². The Bertz CT molecular complexity index is 742. The van der Waals surface area contributed by atoms with Crippen LogP contribution in [0.25, 0.3) is 6.08 Å². The molecule has 0 unspecified atom stereocenters. The van der Waals surface area contributed by atoms with Gasteiger partial charge in [0.2, 0.25) is 5.91 Å². The van der Waals surface area contributed by atoms with Crippen molar-refractivity contribution in [3.63, 3.8) is 0 Å². The zero-order valence-corrected chi connectivity index (χ0v) is 14.4. The molecule has 0 atom stereocenters. The maximum absolute atomic E-state index is 12.1. The molecule has 0 aliphatic rings. The van der Waals surface area contributed by atoms with Gasteiger partial charge in [-0.3, -0.25) is 4.79 Å². The Hall–Kier alpha value is -3.08. The van der Waals surface area contributed by atoms with E-state index in [1.807, 2.05) is 42.5 Å². The van der Waals surface area contributed by atoms with E-state index in [1.54, 1.807) is 38.2 Å². The Balaban J connectivity index is 1.89. The molecule has 1 N–H and O–H groups in total. The third kappa shape index (κ3) is 6.14. The lowest BCUT2D eigenvalue weighted by Gasteiger charge is -2.15. The summed E-state index contributed by atoms with van der Waals surface area (Å²) in [5.74, 6) is 0.296. The molecule has 2 aromatic carbocycles. The van der Waals surface area contributed by atoms with Gasteiger partial charge in [-0.15, -0.1) is 0 Å². The summed E-state index contributed by atoms with van der Waals surface area (Å²) >= 11 is 0. The number of nitrogens with one attached hydrogen (secondary N) is 1. The van der Waals surface area contributed by atoms with E-state index in [4.69, 9.17) is 4.74 Å². The van der Waals surface area contributed by atoms with Crippen LogP contribution >= 0.6 is 0 Å². The number of hydrogen-bond donors (Lipinski definition) is 1. The molecule has 0 saturated carbocycles. The molecular weight excluding hydrogens is 316 g/mol. The van der Waals surface area contributed by atoms with Crippen molar-refractivity contribution < 1.29 is 14.3 Å². The van der Waals surface area contributed by atoms with Crippen molar-refractivity contribution in [1.82, 2.24) is 4.90 Å². The summed E-state index contributed by atoms with van der Waals surface area (Å²) in [5.41, 5.74) is 1.67. The fraction of sp³-hybridized carbons (Fsp3) is 0.200. The smallest absolute Gasteiger partial charge is 0.410 e. The van der Waals surface area contributed by atoms with Crippen LogP contribution in [0.4, 0.5) is 10.5 Å². The molecule has 0 aliphatic carbocycles. The van der Waals surface area contributed by atoms with E-state index >= 15 is 0 Å². The lowest BCUT2D eigenvalue weighted by Crippen LogP contribution is -2.29. The average Bonchev–Trinajstić information content (AvgIpc) is 2.62. The van der Waals surface area contributed by atoms with Gasteiger partial charge in [0.15, 0.2) is 0 Å². The number of amides is 2. The van der Waals surface area contributed by atoms with Gasteiger partial charge < -0.3 is 15.0 Å². The highest BCUT2D eigenvalue weighted by Gasteiger charge is 2.10. The van der Waals surface area contributed by atoms with E-state index in [0.29, 0.717) is 24.4 Å². The Kier molecular flexibility index (Phi) is 6.77. The zero-order valence-electron chi connectivity index (χ0n) is 14.4. The van der Waals surface area contributed by atoms with Crippen molar-refractivity contribution in [2.45, 2.75) is 13.3 Å². The fourth-order valence-electron chi connectivity index (χ4n) is 2.05. The Morgan fingerprint density at radius 1 is 1.12 bits per heavy atom. The van der Waals surface area contributed by atoms with Crippen molar-refractivity contribution in [3.05, 3.63) is 66.2 Å². The van der Waals surface area contributed by atoms with Crippen molar-refractivity contribution >= 4 is 23.8 Å². The first-order chi connectivity index (χ1) is 12.1. The third-order valence-corrected chi connectivity index (χ3v) is 3.44. The lowest BCUT2D eigenvalue weighted by atomic mass is 10.2. The minimum Gasteiger partial charge on any atom is -0.410 e. The zero-order chi connectivity index (χ0) is 18.1. The highest BCUT2D eigenvalue weighted by molar-refractivity contribution is 5.90. The maximum atomic E-state index is 12.1. The quantitative estimate of drug-likeness (QED) is 0.859. The second kappa shape index (κ2) is 9.27. The molecule has 130 valence electrons. The second-order valence-corrected chi connectivity index (χ2v) is 5.49. The molecule has 0 fully saturated rings. The summed E-state index contributed by atoms with van der Waals surface area (Å²) in [5, 5.41) is 2.73. The van der Waals surface area contributed by atoms with Crippen molar-refractivity contribution in [2.75, 3.05) is 18.9 Å². The highest BCUT2D eigenvalue weighted by atomic mass is 16.6. The van der Waals surface area contributed by atoms with Crippen LogP contribution in [0.15, 0.2) is 60.7 Å². The number of nitrogens with zero attached hydrogens (tertiary/aromatic N) is 1. The summed E-state index contributed by atoms with van der Waals surface area (Å²) in [4.78, 5) is 25.0. The minimum atomic E-state index is -0.461. The summed E-state index contributed by atoms with van der Waals surface area (Å²) in [6, 6.07) is 16.6. The van der Waals surface area contributed by atoms with Crippen LogP contribution in [0.2, 0.25) is 0 Å². The molecule has 2 aromatic rings. The molecule has 0 spiro atoms. The van der Waals surface area contributed by atoms with E-state index < -0.39 is 6.09 Å². The van der Waals surface area contributed by atoms with Gasteiger partial charge >= 0.3 is 6.09 Å². The Morgan fingerprint density at radius 2 is 1.88 bits per heavy atom. The molecular formula is C20H22N2O3. The van der Waals surface area contributed by atoms with Gasteiger partial charge in [0.1, 0.15) is 5.75 Å². The van der Waals surface area contributed by atoms with E-state index in [1.165, 1.54) is 4.90 Å². The first-order valence-corrected chi connectivity index (χ1v) is 8.13. The molecule has 0 heterocycles. The number of rotatable bonds is 6. The molecule has 25 heavy (non-hydrogen) atoms. The first kappa shape index (κ1) is 18.3. The molecule has 0 aromatic heterocycles. The molecule has 5 nitrogen and oxygen atoms in total. The molecule has 2 rings (SSSR count). The predicted molar refractivity (Wildman–Crippen MR) is 99.5 cm³/mol. The van der Waals surface area contributed by atoms with E-state index in [2.05, 4.69) is 5.32 Å². The van der Waals surface area contributed by atoms with Crippen LogP contribution in [-0.4, -0.2) is 30.5 Å². The molecule has 5 heteroatoms. The van der Waals surface area contributed by atoms with Gasteiger partial charge in [-0.05, 0) is 17.7 Å². The van der Waals surface area contributed by atoms with Gasteiger partial charge in [-0.1, -0.05) is 55.5 Å². The molecule has 0 saturated heterocycles. The number of carbonyl (C=O) groups is 2. The summed E-state index contributed by atoms with van der Waals surface area (Å²) < 4.78 is 5.34. The standard InChI is InChI=1S/C20H22N2O3/c1-3-19(23)21-17-12-7-13-18(15-17)25-20(24)22(2)14-8-11-16-9-5-4-6-10-16/h4-13,15H,3,14H2,1-2H3,(H,21,23)/b11-8+. The van der Waals surface area contributed by atoms with E-state index in [9.17, 15) is 9.59 Å². The summed E-state index contributed by atoms with van der Waals surface area (Å²) in [6.45, 7) is 2.21. The molecule has 2 amide bonds. The summed E-state index contributed by atoms with van der Waals surface area (Å²) in [6.07, 6.45) is 3.77. The van der Waals surface area contributed by atoms with Gasteiger partial charge in [0, 0.05) is 31.8 Å². The van der Waals surface area contributed by atoms with Crippen LogP contribution in [0, 0.1) is 0 Å². The number of hydrogen-bond acceptors (Lipinski definition) is 3. The normalized spacial score (nSPS) is 10.5. The topological polar surface area (TPSA) is 58.6 Å². The van der Waals surface area contributed by atoms with Crippen molar-refractivity contribution in [3.8, 4) is 5.75 Å². The number of likely N-dealkylation sites (N-methyl/N-ethyl adjacent to an activating group) is 1. The molecule has 0 aliphatic heterocycles. The maximum Gasteiger partial charge on any atom is 0.415 e.